The van der Waals surface area contributed by atoms with Crippen LogP contribution in [0.25, 0.3) is 0 Å². The van der Waals surface area contributed by atoms with Gasteiger partial charge in [0.2, 0.25) is 5.91 Å². The van der Waals surface area contributed by atoms with Crippen molar-refractivity contribution in [1.82, 2.24) is 10.3 Å². The number of thiazole rings is 1. The zero-order valence-corrected chi connectivity index (χ0v) is 12.4. The molecule has 0 aliphatic heterocycles. The van der Waals surface area contributed by atoms with Crippen molar-refractivity contribution < 1.29 is 4.79 Å². The smallest absolute Gasteiger partial charge is 0.221 e. The highest BCUT2D eigenvalue weighted by molar-refractivity contribution is 7.09. The van der Waals surface area contributed by atoms with Gasteiger partial charge < -0.3 is 11.1 Å². The first-order valence-corrected chi connectivity index (χ1v) is 7.14. The summed E-state index contributed by atoms with van der Waals surface area (Å²) in [6, 6.07) is -0.0858. The summed E-state index contributed by atoms with van der Waals surface area (Å²) in [5.74, 6) is 0.0117. The van der Waals surface area contributed by atoms with E-state index in [4.69, 9.17) is 5.73 Å². The van der Waals surface area contributed by atoms with Gasteiger partial charge in [0.15, 0.2) is 0 Å². The number of carbonyl (C=O) groups is 1. The molecular formula is C13H23N3OS. The van der Waals surface area contributed by atoms with Gasteiger partial charge in [0.05, 0.1) is 10.7 Å². The lowest BCUT2D eigenvalue weighted by Gasteiger charge is -2.14. The molecule has 1 rings (SSSR count). The number of nitrogens with one attached hydrogen (secondary N) is 1. The number of nitrogens with two attached hydrogens (primary N) is 1. The molecule has 1 aromatic rings. The molecule has 1 amide bonds. The Morgan fingerprint density at radius 1 is 1.56 bits per heavy atom. The van der Waals surface area contributed by atoms with Crippen LogP contribution in [0.3, 0.4) is 0 Å². The van der Waals surface area contributed by atoms with Gasteiger partial charge in [-0.3, -0.25) is 4.79 Å². The van der Waals surface area contributed by atoms with Crippen LogP contribution in [0.4, 0.5) is 0 Å². The second kappa shape index (κ2) is 6.29. The Kier molecular flexibility index (Phi) is 5.28. The van der Waals surface area contributed by atoms with Crippen molar-refractivity contribution in [3.63, 3.8) is 0 Å². The minimum atomic E-state index is -0.0858. The predicted molar refractivity (Wildman–Crippen MR) is 75.8 cm³/mol. The summed E-state index contributed by atoms with van der Waals surface area (Å²) in [5.41, 5.74) is 6.76. The lowest BCUT2D eigenvalue weighted by Crippen LogP contribution is -2.31. The molecule has 0 saturated heterocycles. The zero-order chi connectivity index (χ0) is 13.8. The van der Waals surface area contributed by atoms with E-state index in [9.17, 15) is 4.79 Å². The molecule has 3 N–H and O–H groups in total. The van der Waals surface area contributed by atoms with Gasteiger partial charge in [0.1, 0.15) is 0 Å². The van der Waals surface area contributed by atoms with Crippen LogP contribution in [0.2, 0.25) is 0 Å². The molecule has 0 spiro atoms. The third kappa shape index (κ3) is 5.14. The average molecular weight is 269 g/mol. The van der Waals surface area contributed by atoms with E-state index in [-0.39, 0.29) is 17.4 Å². The molecule has 0 bridgehead atoms. The van der Waals surface area contributed by atoms with Crippen LogP contribution in [0.1, 0.15) is 44.8 Å². The minimum absolute atomic E-state index is 0.0117. The predicted octanol–water partition coefficient (Wildman–Crippen LogP) is 1.84. The zero-order valence-electron chi connectivity index (χ0n) is 11.6. The molecule has 1 heterocycles. The van der Waals surface area contributed by atoms with E-state index >= 15 is 0 Å². The molecular weight excluding hydrogens is 246 g/mol. The number of hydrogen-bond acceptors (Lipinski definition) is 4. The van der Waals surface area contributed by atoms with Crippen LogP contribution in [-0.4, -0.2) is 23.5 Å². The standard InChI is InChI=1S/C13H23N3OS/c1-9(14)7-11(17)15-6-5-12-16-10(8-18-12)13(2,3)4/h8-9H,5-7,14H2,1-4H3,(H,15,17). The molecule has 0 aromatic carbocycles. The van der Waals surface area contributed by atoms with Crippen molar-refractivity contribution in [2.45, 2.75) is 52.0 Å². The average Bonchev–Trinajstić information content (AvgIpc) is 2.64. The number of hydrogen-bond donors (Lipinski definition) is 2. The van der Waals surface area contributed by atoms with E-state index in [0.29, 0.717) is 13.0 Å². The van der Waals surface area contributed by atoms with Gasteiger partial charge in [-0.25, -0.2) is 4.98 Å². The molecule has 0 saturated carbocycles. The monoisotopic (exact) mass is 269 g/mol. The van der Waals surface area contributed by atoms with Crippen molar-refractivity contribution in [1.29, 1.82) is 0 Å². The SMILES string of the molecule is CC(N)CC(=O)NCCc1nc(C(C)(C)C)cs1. The van der Waals surface area contributed by atoms with Crippen molar-refractivity contribution >= 4 is 17.2 Å². The summed E-state index contributed by atoms with van der Waals surface area (Å²) < 4.78 is 0. The fourth-order valence-corrected chi connectivity index (χ4v) is 2.47. The lowest BCUT2D eigenvalue weighted by atomic mass is 9.93. The summed E-state index contributed by atoms with van der Waals surface area (Å²) in [6.07, 6.45) is 1.16. The van der Waals surface area contributed by atoms with Crippen molar-refractivity contribution in [2.24, 2.45) is 5.73 Å². The largest absolute Gasteiger partial charge is 0.356 e. The first kappa shape index (κ1) is 15.1. The van der Waals surface area contributed by atoms with Gasteiger partial charge >= 0.3 is 0 Å². The Hall–Kier alpha value is -0.940. The Morgan fingerprint density at radius 2 is 2.22 bits per heavy atom. The Bertz CT molecular complexity index is 393. The second-order valence-electron chi connectivity index (χ2n) is 5.66. The Labute approximate surface area is 113 Å². The van der Waals surface area contributed by atoms with Gasteiger partial charge in [0.25, 0.3) is 0 Å². The van der Waals surface area contributed by atoms with Crippen LogP contribution in [0, 0.1) is 0 Å². The number of rotatable bonds is 5. The molecule has 0 fully saturated rings. The van der Waals surface area contributed by atoms with Crippen LogP contribution < -0.4 is 11.1 Å². The van der Waals surface area contributed by atoms with Gasteiger partial charge in [-0.2, -0.15) is 0 Å². The topological polar surface area (TPSA) is 68.0 Å². The van der Waals surface area contributed by atoms with E-state index in [2.05, 4.69) is 36.5 Å². The minimum Gasteiger partial charge on any atom is -0.356 e. The molecule has 1 atom stereocenters. The maximum Gasteiger partial charge on any atom is 0.221 e. The Balaban J connectivity index is 2.36. The molecule has 0 aliphatic rings. The third-order valence-electron chi connectivity index (χ3n) is 2.49. The van der Waals surface area contributed by atoms with Crippen molar-refractivity contribution in [3.05, 3.63) is 16.1 Å². The summed E-state index contributed by atoms with van der Waals surface area (Å²) in [7, 11) is 0. The Morgan fingerprint density at radius 3 is 2.72 bits per heavy atom. The highest BCUT2D eigenvalue weighted by Crippen LogP contribution is 2.23. The van der Waals surface area contributed by atoms with E-state index < -0.39 is 0 Å². The molecule has 1 unspecified atom stereocenters. The van der Waals surface area contributed by atoms with E-state index in [0.717, 1.165) is 17.1 Å². The summed E-state index contributed by atoms with van der Waals surface area (Å²) in [5, 5.41) is 6.02. The molecule has 5 heteroatoms. The van der Waals surface area contributed by atoms with E-state index in [1.165, 1.54) is 0 Å². The van der Waals surface area contributed by atoms with Gasteiger partial charge in [-0.1, -0.05) is 20.8 Å². The summed E-state index contributed by atoms with van der Waals surface area (Å²) in [6.45, 7) is 8.90. The van der Waals surface area contributed by atoms with Crippen LogP contribution in [0.15, 0.2) is 5.38 Å². The molecule has 0 radical (unpaired) electrons. The fourth-order valence-electron chi connectivity index (χ4n) is 1.44. The molecule has 4 nitrogen and oxygen atoms in total. The summed E-state index contributed by atoms with van der Waals surface area (Å²) in [4.78, 5) is 16.0. The van der Waals surface area contributed by atoms with Crippen LogP contribution in [0.5, 0.6) is 0 Å². The number of aromatic nitrogens is 1. The van der Waals surface area contributed by atoms with E-state index in [1.54, 1.807) is 11.3 Å². The highest BCUT2D eigenvalue weighted by atomic mass is 32.1. The lowest BCUT2D eigenvalue weighted by molar-refractivity contribution is -0.121. The number of carbonyl (C=O) groups excluding carboxylic acids is 1. The number of nitrogens with zero attached hydrogens (tertiary/aromatic N) is 1. The highest BCUT2D eigenvalue weighted by Gasteiger charge is 2.17. The third-order valence-corrected chi connectivity index (χ3v) is 3.40. The van der Waals surface area contributed by atoms with Crippen molar-refractivity contribution in [2.75, 3.05) is 6.54 Å². The van der Waals surface area contributed by atoms with E-state index in [1.807, 2.05) is 6.92 Å². The molecule has 18 heavy (non-hydrogen) atoms. The maximum absolute atomic E-state index is 11.4. The van der Waals surface area contributed by atoms with Crippen LogP contribution >= 0.6 is 11.3 Å². The summed E-state index contributed by atoms with van der Waals surface area (Å²) >= 11 is 1.65. The first-order valence-electron chi connectivity index (χ1n) is 6.26. The molecule has 102 valence electrons. The van der Waals surface area contributed by atoms with Gasteiger partial charge in [-0.15, -0.1) is 11.3 Å². The number of amides is 1. The fraction of sp³-hybridized carbons (Fsp3) is 0.692. The normalized spacial score (nSPS) is 13.4. The van der Waals surface area contributed by atoms with Crippen molar-refractivity contribution in [3.8, 4) is 0 Å². The molecule has 1 aromatic heterocycles. The second-order valence-corrected chi connectivity index (χ2v) is 6.60. The quantitative estimate of drug-likeness (QED) is 0.857. The van der Waals surface area contributed by atoms with Crippen LogP contribution in [-0.2, 0) is 16.6 Å². The maximum atomic E-state index is 11.4. The molecule has 0 aliphatic carbocycles. The van der Waals surface area contributed by atoms with Gasteiger partial charge in [0, 0.05) is 36.2 Å². The first-order chi connectivity index (χ1) is 8.29. The van der Waals surface area contributed by atoms with Gasteiger partial charge in [-0.05, 0) is 6.92 Å².